The van der Waals surface area contributed by atoms with Crippen molar-refractivity contribution in [2.24, 2.45) is 22.1 Å². The maximum Gasteiger partial charge on any atom is 0.285 e. The van der Waals surface area contributed by atoms with Crippen molar-refractivity contribution in [2.45, 2.75) is 95.0 Å². The van der Waals surface area contributed by atoms with Crippen LogP contribution in [0.5, 0.6) is 5.75 Å². The lowest BCUT2D eigenvalue weighted by atomic mass is 9.68. The number of carbonyl (C=O) groups excluding carboxylic acids is 2. The Bertz CT molecular complexity index is 1790. The van der Waals surface area contributed by atoms with Gasteiger partial charge in [0.1, 0.15) is 12.4 Å². The number of methoxy groups -OCH3 is 1. The molecule has 52 heavy (non-hydrogen) atoms. The molecule has 0 unspecified atom stereocenters. The Morgan fingerprint density at radius 2 is 1.92 bits per heavy atom. The number of amides is 1. The van der Waals surface area contributed by atoms with Crippen LogP contribution in [0.4, 0.5) is 5.69 Å². The van der Waals surface area contributed by atoms with Gasteiger partial charge in [0.25, 0.3) is 5.91 Å². The first kappa shape index (κ1) is 37.3. The van der Waals surface area contributed by atoms with E-state index in [9.17, 15) is 13.8 Å². The first-order valence-electron chi connectivity index (χ1n) is 19.4. The molecule has 2 aromatic carbocycles. The zero-order valence-corrected chi connectivity index (χ0v) is 32.2. The van der Waals surface area contributed by atoms with Crippen LogP contribution in [0.2, 0.25) is 0 Å². The fourth-order valence-electron chi connectivity index (χ4n) is 9.09. The largest absolute Gasteiger partial charge is 0.490 e. The maximum atomic E-state index is 14.9. The van der Waals surface area contributed by atoms with Crippen LogP contribution < -0.4 is 9.64 Å². The van der Waals surface area contributed by atoms with Crippen LogP contribution in [0.3, 0.4) is 0 Å². The number of anilines is 1. The van der Waals surface area contributed by atoms with Gasteiger partial charge in [-0.2, -0.15) is 4.36 Å². The van der Waals surface area contributed by atoms with Crippen LogP contribution >= 0.6 is 0 Å². The van der Waals surface area contributed by atoms with Crippen LogP contribution in [0.1, 0.15) is 85.8 Å². The van der Waals surface area contributed by atoms with Gasteiger partial charge in [-0.3, -0.25) is 9.59 Å². The smallest absolute Gasteiger partial charge is 0.285 e. The summed E-state index contributed by atoms with van der Waals surface area (Å²) in [5.74, 6) is 0.235. The Kier molecular flexibility index (Phi) is 11.3. The lowest BCUT2D eigenvalue weighted by Gasteiger charge is -2.46. The highest BCUT2D eigenvalue weighted by molar-refractivity contribution is 7.95. The summed E-state index contributed by atoms with van der Waals surface area (Å²) >= 11 is 0. The predicted octanol–water partition coefficient (Wildman–Crippen LogP) is 6.87. The number of allylic oxidation sites excluding steroid dienone is 1. The number of rotatable bonds is 6. The Labute approximate surface area is 310 Å². The number of nitrogens with zero attached hydrogens (tertiary/aromatic N) is 2. The van der Waals surface area contributed by atoms with Crippen LogP contribution in [0, 0.1) is 24.7 Å². The van der Waals surface area contributed by atoms with Crippen molar-refractivity contribution >= 4 is 27.1 Å². The molecule has 0 aromatic heterocycles. The van der Waals surface area contributed by atoms with Gasteiger partial charge in [-0.25, -0.2) is 4.21 Å². The highest BCUT2D eigenvalue weighted by Gasteiger charge is 2.44. The molecule has 9 nitrogen and oxygen atoms in total. The summed E-state index contributed by atoms with van der Waals surface area (Å²) in [7, 11) is -1.52. The van der Waals surface area contributed by atoms with Gasteiger partial charge in [0.05, 0.1) is 40.0 Å². The van der Waals surface area contributed by atoms with Crippen molar-refractivity contribution in [1.29, 1.82) is 0 Å². The molecule has 2 fully saturated rings. The first-order chi connectivity index (χ1) is 25.1. The van der Waals surface area contributed by atoms with Gasteiger partial charge in [-0.05, 0) is 112 Å². The summed E-state index contributed by atoms with van der Waals surface area (Å²) in [6.45, 7) is 9.24. The van der Waals surface area contributed by atoms with E-state index in [-0.39, 0.29) is 41.7 Å². The van der Waals surface area contributed by atoms with Gasteiger partial charge in [0, 0.05) is 49.6 Å². The van der Waals surface area contributed by atoms with Gasteiger partial charge in [-0.1, -0.05) is 42.8 Å². The molecule has 1 spiro atoms. The fourth-order valence-corrected chi connectivity index (χ4v) is 11.3. The number of aryl methyl sites for hydroxylation is 2. The topological polar surface area (TPSA) is 104 Å². The monoisotopic (exact) mass is 732 g/mol. The molecular formula is C42H56N2O7S. The molecule has 3 aliphatic heterocycles. The zero-order chi connectivity index (χ0) is 36.5. The second-order valence-electron chi connectivity index (χ2n) is 16.1. The molecule has 1 saturated heterocycles. The molecule has 2 aromatic rings. The quantitative estimate of drug-likeness (QED) is 0.297. The highest BCUT2D eigenvalue weighted by Crippen LogP contribution is 2.47. The Hall–Kier alpha value is -3.05. The lowest BCUT2D eigenvalue weighted by molar-refractivity contribution is -0.125. The number of ether oxygens (including phenoxy) is 4. The second-order valence-corrected chi connectivity index (χ2v) is 18.7. The van der Waals surface area contributed by atoms with Gasteiger partial charge >= 0.3 is 0 Å². The van der Waals surface area contributed by atoms with Crippen molar-refractivity contribution in [3.63, 3.8) is 0 Å². The number of hydrogen-bond acceptors (Lipinski definition) is 8. The summed E-state index contributed by atoms with van der Waals surface area (Å²) in [6.07, 6.45) is 11.7. The summed E-state index contributed by atoms with van der Waals surface area (Å²) in [5.41, 5.74) is 5.08. The fraction of sp³-hybridized carbons (Fsp3) is 0.619. The SMILES string of the molecule is CO[C@H]1/C=C/C[C@H](C)[C@@H](C)[S@@](=O)(CC(=O)COC2CCOCC2)=NC(=O)c2ccc3c(c2)N(C[C@@H]2CC[C@H]21)C[C@@]1(CCCc2cc(C)ccc21)CO3. The molecule has 1 amide bonds. The number of Topliss-reactive ketones (excluding diaryl/α,β-unsaturated/α-hetero) is 1. The average Bonchev–Trinajstić information content (AvgIpc) is 3.28. The van der Waals surface area contributed by atoms with Crippen molar-refractivity contribution in [2.75, 3.05) is 57.3 Å². The summed E-state index contributed by atoms with van der Waals surface area (Å²) in [4.78, 5) is 30.0. The van der Waals surface area contributed by atoms with Gasteiger partial charge < -0.3 is 23.8 Å². The predicted molar refractivity (Wildman–Crippen MR) is 204 cm³/mol. The molecule has 7 atom stereocenters. The standard InChI is InChI=1S/C42H56N2O7S/c1-28-10-14-37-31(21-28)8-6-18-42(37)26-44-23-33-11-13-36(33)39(48-4)9-5-7-29(2)30(3)52(47,25-34(45)24-50-35-16-19-49-20-17-35)43-41(46)32-12-15-40(51-27-42)38(44)22-32/h5,9-10,12,14-15,21-22,29-30,33,35-36,39H,6-8,11,13,16-20,23-27H2,1-4H3/b9-5+/t29-,30+,33-,36+,39-,42-,52-/m0/s1. The minimum atomic E-state index is -3.31. The Balaban J connectivity index is 1.26. The average molecular weight is 733 g/mol. The Morgan fingerprint density at radius 1 is 1.10 bits per heavy atom. The lowest BCUT2D eigenvalue weighted by Crippen LogP contribution is -2.49. The molecule has 0 radical (unpaired) electrons. The van der Waals surface area contributed by atoms with Crippen LogP contribution in [-0.2, 0) is 40.6 Å². The number of ketones is 1. The van der Waals surface area contributed by atoms with E-state index in [0.717, 1.165) is 69.5 Å². The number of hydrogen-bond donors (Lipinski definition) is 0. The molecule has 5 aliphatic rings. The van der Waals surface area contributed by atoms with Crippen molar-refractivity contribution in [3.05, 3.63) is 70.8 Å². The third kappa shape index (κ3) is 7.77. The van der Waals surface area contributed by atoms with Gasteiger partial charge in [0.2, 0.25) is 0 Å². The van der Waals surface area contributed by atoms with E-state index in [2.05, 4.69) is 46.5 Å². The van der Waals surface area contributed by atoms with Crippen LogP contribution in [0.15, 0.2) is 52.9 Å². The van der Waals surface area contributed by atoms with E-state index in [4.69, 9.17) is 18.9 Å². The molecule has 2 bridgehead atoms. The second kappa shape index (κ2) is 15.7. The molecule has 7 rings (SSSR count). The molecular weight excluding hydrogens is 677 g/mol. The number of fused-ring (bicyclic) bond motifs is 4. The third-order valence-corrected chi connectivity index (χ3v) is 15.4. The highest BCUT2D eigenvalue weighted by atomic mass is 32.2. The van der Waals surface area contributed by atoms with Gasteiger partial charge in [0.15, 0.2) is 5.78 Å². The van der Waals surface area contributed by atoms with E-state index in [0.29, 0.717) is 43.6 Å². The molecule has 1 saturated carbocycles. The van der Waals surface area contributed by atoms with E-state index >= 15 is 0 Å². The van der Waals surface area contributed by atoms with Gasteiger partial charge in [-0.15, -0.1) is 0 Å². The minimum absolute atomic E-state index is 0.0323. The molecule has 0 N–H and O–H groups in total. The van der Waals surface area contributed by atoms with E-state index < -0.39 is 20.9 Å². The molecule has 2 aliphatic carbocycles. The molecule has 3 heterocycles. The Morgan fingerprint density at radius 3 is 2.69 bits per heavy atom. The summed E-state index contributed by atoms with van der Waals surface area (Å²) in [5, 5.41) is -0.519. The van der Waals surface area contributed by atoms with Crippen LogP contribution in [0.25, 0.3) is 0 Å². The summed E-state index contributed by atoms with van der Waals surface area (Å²) in [6, 6.07) is 12.4. The minimum Gasteiger partial charge on any atom is -0.490 e. The van der Waals surface area contributed by atoms with Crippen molar-refractivity contribution < 1.29 is 32.7 Å². The number of carbonyl (C=O) groups is 2. The number of benzene rings is 2. The summed E-state index contributed by atoms with van der Waals surface area (Å²) < 4.78 is 43.5. The van der Waals surface area contributed by atoms with Crippen molar-refractivity contribution in [1.82, 2.24) is 0 Å². The normalized spacial score (nSPS) is 33.1. The first-order valence-corrected chi connectivity index (χ1v) is 21.1. The molecule has 10 heteroatoms. The third-order valence-electron chi connectivity index (χ3n) is 12.6. The van der Waals surface area contributed by atoms with Crippen LogP contribution in [-0.4, -0.2) is 85.7 Å². The van der Waals surface area contributed by atoms with E-state index in [1.807, 2.05) is 26.0 Å². The maximum absolute atomic E-state index is 14.9. The molecule has 282 valence electrons. The van der Waals surface area contributed by atoms with E-state index in [1.54, 1.807) is 13.2 Å². The van der Waals surface area contributed by atoms with E-state index in [1.165, 1.54) is 16.7 Å². The zero-order valence-electron chi connectivity index (χ0n) is 31.3. The van der Waals surface area contributed by atoms with Crippen molar-refractivity contribution in [3.8, 4) is 5.75 Å².